The van der Waals surface area contributed by atoms with Crippen LogP contribution in [-0.2, 0) is 10.6 Å². The van der Waals surface area contributed by atoms with Crippen LogP contribution in [-0.4, -0.2) is 103 Å². The van der Waals surface area contributed by atoms with Crippen molar-refractivity contribution in [2.24, 2.45) is 0 Å². The van der Waals surface area contributed by atoms with Crippen LogP contribution < -0.4 is 48.8 Å². The fourth-order valence-electron chi connectivity index (χ4n) is 19.5. The Balaban J connectivity index is 0.000000146. The van der Waals surface area contributed by atoms with Gasteiger partial charge in [-0.05, 0) is 0 Å². The molecule has 0 amide bonds. The number of alkyl halides is 3. The second-order valence-corrected chi connectivity index (χ2v) is 75.0. The predicted molar refractivity (Wildman–Crippen MR) is 533 cm³/mol. The van der Waals surface area contributed by atoms with E-state index >= 15 is 4.79 Å². The van der Waals surface area contributed by atoms with Crippen LogP contribution in [0.5, 0.6) is 11.5 Å². The third-order valence-electron chi connectivity index (χ3n) is 24.6. The minimum atomic E-state index is -4.63. The summed E-state index contributed by atoms with van der Waals surface area (Å²) in [5, 5.41) is 0. The summed E-state index contributed by atoms with van der Waals surface area (Å²) >= 11 is -17.0. The van der Waals surface area contributed by atoms with Crippen LogP contribution in [0.4, 0.5) is 13.2 Å². The molecule has 16 aromatic rings. The number of carbonyl (C=O) groups is 4. The fraction of sp³-hybridized carbons (Fsp3) is 0.130. The Labute approximate surface area is 769 Å². The van der Waals surface area contributed by atoms with Gasteiger partial charge in [0.2, 0.25) is 0 Å². The molecule has 0 radical (unpaired) electrons. The summed E-state index contributed by atoms with van der Waals surface area (Å²) in [5.74, 6) is 1.07. The maximum absolute atomic E-state index is 15.2. The van der Waals surface area contributed by atoms with Crippen LogP contribution >= 0.6 is 0 Å². The number of rotatable bonds is 23. The van der Waals surface area contributed by atoms with E-state index in [2.05, 4.69) is 208 Å². The average molecular weight is 2120 g/mol. The fourth-order valence-corrected chi connectivity index (χ4v) is 75.3. The van der Waals surface area contributed by atoms with Crippen molar-refractivity contribution in [3.05, 3.63) is 495 Å². The molecule has 0 fully saturated rings. The van der Waals surface area contributed by atoms with Crippen molar-refractivity contribution < 1.29 is 41.8 Å². The van der Waals surface area contributed by atoms with Gasteiger partial charge in [-0.25, -0.2) is 0 Å². The van der Waals surface area contributed by atoms with Crippen LogP contribution in [0.1, 0.15) is 114 Å². The third kappa shape index (κ3) is 19.4. The summed E-state index contributed by atoms with van der Waals surface area (Å²) < 4.78 is 66.6. The Morgan fingerprint density at radius 2 is 0.508 bits per heavy atom. The number of hydrogen-bond donors (Lipinski definition) is 0. The Bertz CT molecular complexity index is 6110. The van der Waals surface area contributed by atoms with Gasteiger partial charge in [0.1, 0.15) is 0 Å². The van der Waals surface area contributed by atoms with E-state index in [1.54, 1.807) is 27.2 Å². The van der Waals surface area contributed by atoms with Crippen molar-refractivity contribution >= 4 is 128 Å². The summed E-state index contributed by atoms with van der Waals surface area (Å²) in [6, 6.07) is 131. The molecule has 16 rings (SSSR count). The number of benzene rings is 16. The van der Waals surface area contributed by atoms with Crippen molar-refractivity contribution in [2.75, 3.05) is 14.2 Å². The van der Waals surface area contributed by atoms with Gasteiger partial charge in [-0.15, -0.1) is 0 Å². The summed E-state index contributed by atoms with van der Waals surface area (Å²) in [4.78, 5) is 58.9. The van der Waals surface area contributed by atoms with Crippen molar-refractivity contribution in [3.63, 3.8) is 0 Å². The maximum atomic E-state index is 15.2. The third-order valence-corrected chi connectivity index (χ3v) is 78.4. The molecule has 0 aliphatic rings. The van der Waals surface area contributed by atoms with E-state index in [4.69, 9.17) is 9.47 Å². The second kappa shape index (κ2) is 42.4. The molecule has 0 N–H and O–H groups in total. The monoisotopic (exact) mass is 2120 g/mol. The first kappa shape index (κ1) is 94.4. The predicted octanol–water partition coefficient (Wildman–Crippen LogP) is 19.6. The van der Waals surface area contributed by atoms with Gasteiger partial charge in [0, 0.05) is 0 Å². The molecule has 6 nitrogen and oxygen atoms in total. The Hall–Kier alpha value is -11.2. The molecule has 0 aromatic heterocycles. The molecular formula is C115H107F3O6Sn4. The molecular weight excluding hydrogens is 2010 g/mol. The first-order chi connectivity index (χ1) is 61.8. The van der Waals surface area contributed by atoms with E-state index in [-0.39, 0.29) is 9.36 Å². The molecule has 640 valence electrons. The molecule has 0 aliphatic heterocycles. The molecule has 0 saturated carbocycles. The van der Waals surface area contributed by atoms with Crippen LogP contribution in [0.15, 0.2) is 400 Å². The van der Waals surface area contributed by atoms with Crippen molar-refractivity contribution in [1.82, 2.24) is 0 Å². The number of aryl methyl sites for hydroxylation is 11. The molecule has 0 unspecified atom stereocenters. The first-order valence-corrected chi connectivity index (χ1v) is 66.6. The van der Waals surface area contributed by atoms with E-state index in [1.807, 2.05) is 244 Å². The van der Waals surface area contributed by atoms with E-state index in [0.717, 1.165) is 48.7 Å². The van der Waals surface area contributed by atoms with Gasteiger partial charge in [0.05, 0.1) is 0 Å². The van der Waals surface area contributed by atoms with Gasteiger partial charge >= 0.3 is 777 Å². The quantitative estimate of drug-likeness (QED) is 0.0593. The van der Waals surface area contributed by atoms with E-state index in [1.165, 1.54) is 79.6 Å². The standard InChI is InChI=1S/C10H13.C9H6F3O.C9H9O3.2C9H11.C8H7O.C7H5O.9C6H5.4Sn/c1-7-5-8(2)10(4)9(3)6-7;1-6-3-2-4-8(7(6)5-13)9(10,11)12;1-11-8-4-3-5-9(12-2)7(8)6-10;2*1-7-4-8(2)6-9(3)5-7;1-7-4-2-3-5-8(7)6-9;8-6-7-4-2-1-3-5-7;9*1-2-4-6-5-3-1;;;;/h5-6H,4H2,1-3H3;2-4H,1H3;3-5H,1-2H3;2*4-5H,1-3H3;2-5H,1H3;1-5H;9*1-5H;;;;. The number of ether oxygens (including phenoxy) is 2. The number of carbonyl (C=O) groups excluding carboxylic acids is 4. The van der Waals surface area contributed by atoms with Gasteiger partial charge < -0.3 is 0 Å². The Kier molecular flexibility index (Phi) is 31.2. The zero-order chi connectivity index (χ0) is 90.9. The first-order valence-electron chi connectivity index (χ1n) is 43.2. The van der Waals surface area contributed by atoms with Crippen molar-refractivity contribution in [3.8, 4) is 11.5 Å². The van der Waals surface area contributed by atoms with Crippen LogP contribution in [0, 0.1) is 76.2 Å². The summed E-state index contributed by atoms with van der Waals surface area (Å²) in [5.41, 5.74) is 15.3. The normalized spacial score (nSPS) is 11.4. The number of methoxy groups -OCH3 is 2. The van der Waals surface area contributed by atoms with Gasteiger partial charge in [-0.1, -0.05) is 0 Å². The van der Waals surface area contributed by atoms with Crippen molar-refractivity contribution in [2.45, 2.75) is 86.8 Å². The second-order valence-electron chi connectivity index (χ2n) is 33.1. The summed E-state index contributed by atoms with van der Waals surface area (Å²) in [7, 11) is 3.19. The van der Waals surface area contributed by atoms with E-state index in [9.17, 15) is 27.6 Å². The van der Waals surface area contributed by atoms with Crippen LogP contribution in [0.2, 0.25) is 0 Å². The average Bonchev–Trinajstić information content (AvgIpc) is 0.737. The summed E-state index contributed by atoms with van der Waals surface area (Å²) in [6.45, 7) is 23.5. The Morgan fingerprint density at radius 3 is 0.797 bits per heavy atom. The minimum absolute atomic E-state index is 0.104. The van der Waals surface area contributed by atoms with Gasteiger partial charge in [0.25, 0.3) is 0 Å². The summed E-state index contributed by atoms with van der Waals surface area (Å²) in [6.07, 6.45) is -4.63. The van der Waals surface area contributed by atoms with Gasteiger partial charge in [0.15, 0.2) is 0 Å². The molecule has 13 heteroatoms. The van der Waals surface area contributed by atoms with Gasteiger partial charge in [-0.2, -0.15) is 0 Å². The molecule has 0 bridgehead atoms. The zero-order valence-electron chi connectivity index (χ0n) is 74.9. The molecule has 0 aliphatic carbocycles. The number of halogens is 3. The van der Waals surface area contributed by atoms with Crippen LogP contribution in [0.3, 0.4) is 0 Å². The molecule has 0 atom stereocenters. The molecule has 0 heterocycles. The van der Waals surface area contributed by atoms with E-state index in [0.29, 0.717) is 30.2 Å². The SMILES string of the molecule is COc1cccc(OC)c1[C](=O)[Sn]([c]1ccccc1)([c]1ccccc1)[c]1ccccc1.Cc1cc(C)c([CH2][Sn]([C](=O)c2ccccc2)([c]2c(C)cc(C)cc2C)[c]2c(C)cc(C)cc2C)c(C)c1.Cc1cccc(C(F)(F)F)c1[C](=O)[Sn]([c]1ccccc1)([c]1ccccc1)[c]1ccccc1.Cc1ccccc1[C](=O)[Sn]([c]1ccccc1)([c]1ccccc1)[c]1ccccc1. The number of hydrogen-bond acceptors (Lipinski definition) is 6. The van der Waals surface area contributed by atoms with Crippen LogP contribution in [0.25, 0.3) is 0 Å². The molecule has 0 spiro atoms. The Morgan fingerprint density at radius 1 is 0.258 bits per heavy atom. The molecule has 16 aromatic carbocycles. The van der Waals surface area contributed by atoms with Gasteiger partial charge in [-0.3, -0.25) is 0 Å². The van der Waals surface area contributed by atoms with E-state index < -0.39 is 89.0 Å². The molecule has 0 saturated heterocycles. The molecule has 128 heavy (non-hydrogen) atoms. The topological polar surface area (TPSA) is 86.7 Å². The zero-order valence-corrected chi connectivity index (χ0v) is 86.3. The van der Waals surface area contributed by atoms with Crippen molar-refractivity contribution in [1.29, 1.82) is 0 Å².